The Morgan fingerprint density at radius 2 is 1.96 bits per heavy atom. The first-order valence-corrected chi connectivity index (χ1v) is 11.3. The van der Waals surface area contributed by atoms with E-state index in [4.69, 9.17) is 4.74 Å². The molecule has 3 heteroatoms. The van der Waals surface area contributed by atoms with Crippen LogP contribution in [0.25, 0.3) is 0 Å². The Morgan fingerprint density at radius 1 is 1.18 bits per heavy atom. The van der Waals surface area contributed by atoms with Crippen molar-refractivity contribution in [3.63, 3.8) is 0 Å². The van der Waals surface area contributed by atoms with Gasteiger partial charge in [-0.15, -0.1) is 0 Å². The predicted molar refractivity (Wildman–Crippen MR) is 115 cm³/mol. The number of hydrogen-bond acceptors (Lipinski definition) is 3. The molecule has 0 aromatic carbocycles. The summed E-state index contributed by atoms with van der Waals surface area (Å²) in [5, 5.41) is 19.9. The van der Waals surface area contributed by atoms with Crippen LogP contribution >= 0.6 is 0 Å². The highest BCUT2D eigenvalue weighted by molar-refractivity contribution is 5.37. The van der Waals surface area contributed by atoms with Crippen molar-refractivity contribution in [2.75, 3.05) is 13.2 Å². The summed E-state index contributed by atoms with van der Waals surface area (Å²) < 4.78 is 5.99. The lowest BCUT2D eigenvalue weighted by molar-refractivity contribution is -0.000944. The Labute approximate surface area is 171 Å². The first kappa shape index (κ1) is 21.8. The summed E-state index contributed by atoms with van der Waals surface area (Å²) in [6.07, 6.45) is 14.1. The highest BCUT2D eigenvalue weighted by Gasteiger charge is 2.49. The lowest BCUT2D eigenvalue weighted by Crippen LogP contribution is -2.35. The van der Waals surface area contributed by atoms with Gasteiger partial charge >= 0.3 is 0 Å². The van der Waals surface area contributed by atoms with Gasteiger partial charge in [-0.3, -0.25) is 0 Å². The molecule has 0 bridgehead atoms. The van der Waals surface area contributed by atoms with Crippen LogP contribution in [0.4, 0.5) is 0 Å². The molecule has 3 unspecified atom stereocenters. The number of aliphatic hydroxyl groups is 2. The molecule has 3 aliphatic carbocycles. The molecular weight excluding hydrogens is 348 g/mol. The molecule has 0 amide bonds. The Balaban J connectivity index is 1.63. The summed E-state index contributed by atoms with van der Waals surface area (Å²) in [6.45, 7) is 11.7. The average Bonchev–Trinajstić information content (AvgIpc) is 2.96. The number of rotatable bonds is 6. The summed E-state index contributed by atoms with van der Waals surface area (Å²) in [5.74, 6) is 1.27. The molecule has 3 rings (SSSR count). The fraction of sp³-hybridized carbons (Fsp3) is 0.760. The van der Waals surface area contributed by atoms with Crippen molar-refractivity contribution >= 4 is 0 Å². The van der Waals surface area contributed by atoms with Crippen LogP contribution in [-0.4, -0.2) is 35.1 Å². The van der Waals surface area contributed by atoms with Crippen LogP contribution in [0.3, 0.4) is 0 Å². The first-order chi connectivity index (χ1) is 13.2. The van der Waals surface area contributed by atoms with E-state index in [9.17, 15) is 10.2 Å². The topological polar surface area (TPSA) is 49.7 Å². The number of hydrogen-bond donors (Lipinski definition) is 2. The van der Waals surface area contributed by atoms with Crippen molar-refractivity contribution in [1.82, 2.24) is 0 Å². The molecule has 0 aromatic heterocycles. The first-order valence-electron chi connectivity index (χ1n) is 11.3. The minimum absolute atomic E-state index is 0.334. The second-order valence-corrected chi connectivity index (χ2v) is 10.2. The van der Waals surface area contributed by atoms with Crippen LogP contribution in [0, 0.1) is 17.3 Å². The fourth-order valence-corrected chi connectivity index (χ4v) is 5.60. The van der Waals surface area contributed by atoms with E-state index in [1.54, 1.807) is 5.57 Å². The molecule has 0 radical (unpaired) electrons. The maximum Gasteiger partial charge on any atom is 0.0787 e. The van der Waals surface area contributed by atoms with E-state index >= 15 is 0 Å². The average molecular weight is 389 g/mol. The number of fused-ring (bicyclic) bond motifs is 1. The summed E-state index contributed by atoms with van der Waals surface area (Å²) >= 11 is 0. The van der Waals surface area contributed by atoms with Crippen LogP contribution < -0.4 is 0 Å². The van der Waals surface area contributed by atoms with Gasteiger partial charge in [-0.25, -0.2) is 0 Å². The van der Waals surface area contributed by atoms with Gasteiger partial charge in [0, 0.05) is 13.2 Å². The van der Waals surface area contributed by atoms with Crippen molar-refractivity contribution in [3.05, 3.63) is 35.5 Å². The van der Waals surface area contributed by atoms with Crippen LogP contribution in [0.1, 0.15) is 78.6 Å². The van der Waals surface area contributed by atoms with Gasteiger partial charge in [0.05, 0.1) is 11.7 Å². The van der Waals surface area contributed by atoms with Gasteiger partial charge in [-0.2, -0.15) is 0 Å². The molecular formula is C25H40O3. The summed E-state index contributed by atoms with van der Waals surface area (Å²) in [7, 11) is 0. The number of allylic oxidation sites excluding steroid dienone is 3. The Kier molecular flexibility index (Phi) is 6.89. The van der Waals surface area contributed by atoms with E-state index in [0.29, 0.717) is 30.3 Å². The van der Waals surface area contributed by atoms with E-state index in [1.807, 2.05) is 13.8 Å². The van der Waals surface area contributed by atoms with Crippen molar-refractivity contribution in [3.8, 4) is 0 Å². The van der Waals surface area contributed by atoms with Gasteiger partial charge in [0.25, 0.3) is 0 Å². The monoisotopic (exact) mass is 388 g/mol. The van der Waals surface area contributed by atoms with Crippen LogP contribution in [0.15, 0.2) is 35.5 Å². The van der Waals surface area contributed by atoms with Gasteiger partial charge in [0.15, 0.2) is 0 Å². The molecule has 2 N–H and O–H groups in total. The van der Waals surface area contributed by atoms with Crippen LogP contribution in [0.2, 0.25) is 0 Å². The molecule has 3 saturated carbocycles. The predicted octanol–water partition coefficient (Wildman–Crippen LogP) is 5.33. The molecule has 4 atom stereocenters. The second-order valence-electron chi connectivity index (χ2n) is 10.2. The molecule has 0 saturated heterocycles. The van der Waals surface area contributed by atoms with Gasteiger partial charge in [-0.05, 0) is 100 Å². The molecule has 0 aliphatic heterocycles. The van der Waals surface area contributed by atoms with Gasteiger partial charge in [0.2, 0.25) is 0 Å². The smallest absolute Gasteiger partial charge is 0.0787 e. The van der Waals surface area contributed by atoms with Crippen molar-refractivity contribution in [2.45, 2.75) is 90.3 Å². The Hall–Kier alpha value is -0.900. The largest absolute Gasteiger partial charge is 0.390 e. The molecule has 28 heavy (non-hydrogen) atoms. The minimum atomic E-state index is -0.646. The zero-order valence-corrected chi connectivity index (χ0v) is 18.2. The Bertz CT molecular complexity index is 624. The highest BCUT2D eigenvalue weighted by Crippen LogP contribution is 2.57. The third-order valence-corrected chi connectivity index (χ3v) is 7.58. The van der Waals surface area contributed by atoms with E-state index in [1.165, 1.54) is 37.7 Å². The maximum absolute atomic E-state index is 10.1. The van der Waals surface area contributed by atoms with Gasteiger partial charge < -0.3 is 14.9 Å². The molecule has 3 fully saturated rings. The quantitative estimate of drug-likeness (QED) is 0.604. The van der Waals surface area contributed by atoms with Gasteiger partial charge in [-0.1, -0.05) is 31.2 Å². The summed E-state index contributed by atoms with van der Waals surface area (Å²) in [5.41, 5.74) is 3.44. The zero-order valence-electron chi connectivity index (χ0n) is 18.2. The molecule has 3 nitrogen and oxygen atoms in total. The van der Waals surface area contributed by atoms with E-state index in [0.717, 1.165) is 31.4 Å². The molecule has 0 heterocycles. The Morgan fingerprint density at radius 3 is 2.71 bits per heavy atom. The van der Waals surface area contributed by atoms with Gasteiger partial charge in [0.1, 0.15) is 0 Å². The number of aliphatic hydroxyl groups excluding tert-OH is 1. The lowest BCUT2D eigenvalue weighted by Gasteiger charge is -2.42. The molecule has 3 aliphatic rings. The molecule has 0 spiro atoms. The van der Waals surface area contributed by atoms with Crippen LogP contribution in [0.5, 0.6) is 0 Å². The molecule has 158 valence electrons. The minimum Gasteiger partial charge on any atom is -0.390 e. The third-order valence-electron chi connectivity index (χ3n) is 7.58. The summed E-state index contributed by atoms with van der Waals surface area (Å²) in [4.78, 5) is 0. The fourth-order valence-electron chi connectivity index (χ4n) is 5.60. The third kappa shape index (κ3) is 4.98. The standard InChI is InChI=1S/C25H40O3/c1-18-19(7-5-9-23(18)26)10-11-20-8-6-14-25(4)21(12-13-22(20)25)17-28-16-15-24(2,3)27/h10-11,21-23,26-27H,1,5-9,12-17H2,2-4H3/b19-10-,20-11+/t21?,22?,23-,25?/m0/s1. The van der Waals surface area contributed by atoms with Crippen molar-refractivity contribution in [2.24, 2.45) is 17.3 Å². The second kappa shape index (κ2) is 8.85. The lowest BCUT2D eigenvalue weighted by atomic mass is 9.63. The maximum atomic E-state index is 10.1. The van der Waals surface area contributed by atoms with Crippen molar-refractivity contribution in [1.29, 1.82) is 0 Å². The molecule has 0 aromatic rings. The van der Waals surface area contributed by atoms with Crippen molar-refractivity contribution < 1.29 is 14.9 Å². The van der Waals surface area contributed by atoms with Crippen LogP contribution in [-0.2, 0) is 4.74 Å². The van der Waals surface area contributed by atoms with E-state index in [-0.39, 0.29) is 6.10 Å². The zero-order chi connectivity index (χ0) is 20.4. The van der Waals surface area contributed by atoms with E-state index < -0.39 is 5.60 Å². The van der Waals surface area contributed by atoms with E-state index in [2.05, 4.69) is 25.7 Å². The SMILES string of the molecule is C=C1/C(=C\C=C2/CCCC3(C)C(COCCC(C)(C)O)CCC23)CCC[C@@H]1O. The summed E-state index contributed by atoms with van der Waals surface area (Å²) in [6, 6.07) is 0. The normalized spacial score (nSPS) is 36.9. The number of ether oxygens (including phenoxy) is 1. The highest BCUT2D eigenvalue weighted by atomic mass is 16.5.